The van der Waals surface area contributed by atoms with E-state index >= 15 is 0 Å². The van der Waals surface area contributed by atoms with Crippen molar-refractivity contribution in [2.45, 2.75) is 92.9 Å². The van der Waals surface area contributed by atoms with Gasteiger partial charge in [-0.15, -0.1) is 0 Å². The van der Waals surface area contributed by atoms with Gasteiger partial charge in [0, 0.05) is 0 Å². The number of hydrogen-bond donors (Lipinski definition) is 0. The third-order valence-electron chi connectivity index (χ3n) is 4.62. The predicted molar refractivity (Wildman–Crippen MR) is 108 cm³/mol. The molecule has 0 saturated carbocycles. The Hall–Kier alpha value is 0.640. The maximum atomic E-state index is 6.57. The van der Waals surface area contributed by atoms with Gasteiger partial charge in [-0.1, -0.05) is 80.1 Å². The second-order valence-electron chi connectivity index (χ2n) is 8.27. The molecule has 0 aromatic rings. The first-order chi connectivity index (χ1) is 10.3. The van der Waals surface area contributed by atoms with E-state index in [0.29, 0.717) is 0 Å². The molecule has 0 spiro atoms. The lowest BCUT2D eigenvalue weighted by Crippen LogP contribution is -2.11. The summed E-state index contributed by atoms with van der Waals surface area (Å²) in [7, 11) is 6.70. The fourth-order valence-corrected chi connectivity index (χ4v) is 4.85. The predicted octanol–water partition coefficient (Wildman–Crippen LogP) is 7.46. The molecule has 2 unspecified atom stereocenters. The Kier molecular flexibility index (Phi) is 14.4. The van der Waals surface area contributed by atoms with Crippen LogP contribution in [0.4, 0.5) is 0 Å². The summed E-state index contributed by atoms with van der Waals surface area (Å²) in [4.78, 5) is 0. The summed E-state index contributed by atoms with van der Waals surface area (Å²) in [6.07, 6.45) is 11.0. The topological polar surface area (TPSA) is 0 Å². The van der Waals surface area contributed by atoms with E-state index in [1.54, 1.807) is 0 Å². The lowest BCUT2D eigenvalue weighted by atomic mass is 9.98. The minimum atomic E-state index is 0.132. The quantitative estimate of drug-likeness (QED) is 0.285. The first kappa shape index (κ1) is 22.6. The molecule has 0 amide bonds. The number of halogens is 1. The van der Waals surface area contributed by atoms with E-state index in [2.05, 4.69) is 41.5 Å². The summed E-state index contributed by atoms with van der Waals surface area (Å²) in [5.74, 6) is 5.90. The van der Waals surface area contributed by atoms with Crippen LogP contribution in [0.15, 0.2) is 0 Å². The maximum Gasteiger partial charge on any atom is 0.175 e. The van der Waals surface area contributed by atoms with Crippen LogP contribution in [0.3, 0.4) is 0 Å². The fourth-order valence-electron chi connectivity index (χ4n) is 2.80. The number of hydrogen-bond acceptors (Lipinski definition) is 0. The van der Waals surface area contributed by atoms with Gasteiger partial charge in [-0.25, -0.2) is 0 Å². The third-order valence-corrected chi connectivity index (χ3v) is 6.90. The van der Waals surface area contributed by atoms with E-state index in [1.807, 2.05) is 0 Å². The second kappa shape index (κ2) is 14.0. The molecule has 0 aliphatic rings. The molecule has 2 heteroatoms. The highest BCUT2D eigenvalue weighted by molar-refractivity contribution is 8.18. The highest BCUT2D eigenvalue weighted by Crippen LogP contribution is 2.21. The van der Waals surface area contributed by atoms with E-state index in [1.165, 1.54) is 62.9 Å². The molecule has 0 aromatic heterocycles. The molecular formula is C20H42ClS+. The highest BCUT2D eigenvalue weighted by atomic mass is 35.7. The van der Waals surface area contributed by atoms with Crippen molar-refractivity contribution in [2.24, 2.45) is 23.7 Å². The van der Waals surface area contributed by atoms with Crippen LogP contribution in [0.25, 0.3) is 0 Å². The summed E-state index contributed by atoms with van der Waals surface area (Å²) in [5, 5.41) is 0. The maximum absolute atomic E-state index is 6.57. The molecule has 0 aliphatic carbocycles. The van der Waals surface area contributed by atoms with E-state index in [9.17, 15) is 0 Å². The van der Waals surface area contributed by atoms with Gasteiger partial charge in [0.2, 0.25) is 0 Å². The van der Waals surface area contributed by atoms with E-state index < -0.39 is 0 Å². The summed E-state index contributed by atoms with van der Waals surface area (Å²) in [6, 6.07) is 0. The minimum Gasteiger partial charge on any atom is -0.0628 e. The summed E-state index contributed by atoms with van der Waals surface area (Å²) in [6.45, 7) is 14.1. The van der Waals surface area contributed by atoms with Crippen LogP contribution in [-0.2, 0) is 10.1 Å². The van der Waals surface area contributed by atoms with Crippen LogP contribution in [0.1, 0.15) is 92.9 Å². The van der Waals surface area contributed by atoms with E-state index in [-0.39, 0.29) is 10.1 Å². The molecule has 0 N–H and O–H groups in total. The molecule has 0 aliphatic heterocycles. The molecule has 2 atom stereocenters. The van der Waals surface area contributed by atoms with Crippen molar-refractivity contribution >= 4 is 20.8 Å². The molecule has 0 bridgehead atoms. The average Bonchev–Trinajstić information content (AvgIpc) is 2.42. The molecular weight excluding hydrogens is 308 g/mol. The Balaban J connectivity index is 3.57. The molecule has 0 nitrogen and oxygen atoms in total. The van der Waals surface area contributed by atoms with Crippen molar-refractivity contribution < 1.29 is 0 Å². The molecule has 22 heavy (non-hydrogen) atoms. The normalized spacial score (nSPS) is 16.2. The third kappa shape index (κ3) is 15.5. The molecule has 0 aromatic carbocycles. The van der Waals surface area contributed by atoms with Gasteiger partial charge in [-0.2, -0.15) is 0 Å². The van der Waals surface area contributed by atoms with Gasteiger partial charge >= 0.3 is 0 Å². The van der Waals surface area contributed by atoms with Gasteiger partial charge in [0.25, 0.3) is 0 Å². The van der Waals surface area contributed by atoms with Crippen LogP contribution < -0.4 is 0 Å². The molecule has 0 fully saturated rings. The Morgan fingerprint density at radius 3 is 1.27 bits per heavy atom. The molecule has 0 radical (unpaired) electrons. The fraction of sp³-hybridized carbons (Fsp3) is 1.00. The Morgan fingerprint density at radius 1 is 0.591 bits per heavy atom. The summed E-state index contributed by atoms with van der Waals surface area (Å²) in [5.41, 5.74) is 0. The Labute approximate surface area is 149 Å². The van der Waals surface area contributed by atoms with Crippen molar-refractivity contribution in [2.75, 3.05) is 11.5 Å². The van der Waals surface area contributed by atoms with Gasteiger partial charge < -0.3 is 0 Å². The van der Waals surface area contributed by atoms with Crippen molar-refractivity contribution in [1.29, 1.82) is 0 Å². The molecule has 0 heterocycles. The monoisotopic (exact) mass is 349 g/mol. The SMILES string of the molecule is CC(C)CCCC(C)CC[S+](Cl)CCC(C)CCCC(C)C. The lowest BCUT2D eigenvalue weighted by Gasteiger charge is -2.12. The van der Waals surface area contributed by atoms with Crippen LogP contribution in [0.5, 0.6) is 0 Å². The van der Waals surface area contributed by atoms with Crippen LogP contribution in [-0.4, -0.2) is 11.5 Å². The van der Waals surface area contributed by atoms with Gasteiger partial charge in [-0.3, -0.25) is 0 Å². The van der Waals surface area contributed by atoms with E-state index in [4.69, 9.17) is 10.7 Å². The lowest BCUT2D eigenvalue weighted by molar-refractivity contribution is 0.448. The zero-order chi connectivity index (χ0) is 17.0. The smallest absolute Gasteiger partial charge is 0.0628 e. The standard InChI is InChI=1S/C20H42ClS/c1-17(2)9-7-11-19(5)13-15-22(21)16-14-20(6)12-8-10-18(3)4/h17-20H,7-16H2,1-6H3/q+1. The van der Waals surface area contributed by atoms with Crippen LogP contribution in [0, 0.1) is 23.7 Å². The Bertz CT molecular complexity index is 216. The largest absolute Gasteiger partial charge is 0.175 e. The minimum absolute atomic E-state index is 0.132. The average molecular weight is 350 g/mol. The van der Waals surface area contributed by atoms with Crippen molar-refractivity contribution in [3.8, 4) is 0 Å². The second-order valence-corrected chi connectivity index (χ2v) is 11.2. The van der Waals surface area contributed by atoms with Crippen LogP contribution >= 0.6 is 10.7 Å². The molecule has 134 valence electrons. The van der Waals surface area contributed by atoms with Crippen molar-refractivity contribution in [3.63, 3.8) is 0 Å². The van der Waals surface area contributed by atoms with E-state index in [0.717, 1.165) is 23.7 Å². The van der Waals surface area contributed by atoms with Gasteiger partial charge in [0.05, 0.1) is 0 Å². The highest BCUT2D eigenvalue weighted by Gasteiger charge is 2.18. The van der Waals surface area contributed by atoms with Crippen LogP contribution in [0.2, 0.25) is 0 Å². The molecule has 0 rings (SSSR count). The summed E-state index contributed by atoms with van der Waals surface area (Å²) < 4.78 is 0. The first-order valence-corrected chi connectivity index (χ1v) is 12.0. The van der Waals surface area contributed by atoms with Crippen molar-refractivity contribution in [3.05, 3.63) is 0 Å². The first-order valence-electron chi connectivity index (χ1n) is 9.65. The van der Waals surface area contributed by atoms with Gasteiger partial charge in [-0.05, 0) is 36.5 Å². The Morgan fingerprint density at radius 2 is 0.955 bits per heavy atom. The van der Waals surface area contributed by atoms with Gasteiger partial charge in [0.1, 0.15) is 21.6 Å². The summed E-state index contributed by atoms with van der Waals surface area (Å²) >= 11 is 0. The number of rotatable bonds is 14. The zero-order valence-electron chi connectivity index (χ0n) is 16.2. The molecule has 0 saturated heterocycles. The van der Waals surface area contributed by atoms with Crippen molar-refractivity contribution in [1.82, 2.24) is 0 Å². The zero-order valence-corrected chi connectivity index (χ0v) is 17.7. The van der Waals surface area contributed by atoms with Gasteiger partial charge in [0.15, 0.2) is 10.7 Å².